The minimum absolute atomic E-state index is 0.124. The van der Waals surface area contributed by atoms with Crippen LogP contribution in [-0.2, 0) is 4.79 Å². The highest BCUT2D eigenvalue weighted by Gasteiger charge is 2.16. The number of nitrogens with zero attached hydrogens (tertiary/aromatic N) is 1. The predicted octanol–water partition coefficient (Wildman–Crippen LogP) is 2.22. The van der Waals surface area contributed by atoms with E-state index in [0.717, 1.165) is 5.01 Å². The van der Waals surface area contributed by atoms with Crippen molar-refractivity contribution in [2.24, 2.45) is 5.73 Å². The van der Waals surface area contributed by atoms with E-state index < -0.39 is 11.8 Å². The van der Waals surface area contributed by atoms with E-state index in [1.54, 1.807) is 6.08 Å². The lowest BCUT2D eigenvalue weighted by Crippen LogP contribution is -2.17. The second kappa shape index (κ2) is 7.60. The van der Waals surface area contributed by atoms with Gasteiger partial charge in [0, 0.05) is 17.5 Å². The van der Waals surface area contributed by atoms with Gasteiger partial charge < -0.3 is 20.5 Å². The van der Waals surface area contributed by atoms with Crippen molar-refractivity contribution >= 4 is 34.9 Å². The number of aromatic nitrogens is 1. The van der Waals surface area contributed by atoms with Crippen LogP contribution in [0.15, 0.2) is 23.6 Å². The Labute approximate surface area is 143 Å². The molecule has 0 aliphatic rings. The van der Waals surface area contributed by atoms with Gasteiger partial charge in [-0.15, -0.1) is 11.3 Å². The number of anilines is 1. The number of hydrogen-bond acceptors (Lipinski definition) is 6. The number of benzene rings is 1. The van der Waals surface area contributed by atoms with Gasteiger partial charge in [0.2, 0.25) is 5.91 Å². The van der Waals surface area contributed by atoms with Gasteiger partial charge in [0.1, 0.15) is 0 Å². The third-order valence-electron chi connectivity index (χ3n) is 3.09. The van der Waals surface area contributed by atoms with Crippen LogP contribution in [0.2, 0.25) is 0 Å². The van der Waals surface area contributed by atoms with Gasteiger partial charge >= 0.3 is 0 Å². The number of methoxy groups -OCH3 is 2. The molecule has 7 nitrogen and oxygen atoms in total. The van der Waals surface area contributed by atoms with Crippen LogP contribution in [0.25, 0.3) is 6.08 Å². The zero-order valence-corrected chi connectivity index (χ0v) is 14.3. The van der Waals surface area contributed by atoms with Gasteiger partial charge in [0.25, 0.3) is 5.91 Å². The molecule has 0 radical (unpaired) electrons. The number of carbonyl (C=O) groups excluding carboxylic acids is 2. The predicted molar refractivity (Wildman–Crippen MR) is 92.6 cm³/mol. The molecule has 0 atom stereocenters. The van der Waals surface area contributed by atoms with Gasteiger partial charge in [-0.2, -0.15) is 0 Å². The smallest absolute Gasteiger partial charge is 0.250 e. The monoisotopic (exact) mass is 347 g/mol. The molecular formula is C16H17N3O4S. The van der Waals surface area contributed by atoms with Crippen molar-refractivity contribution in [2.45, 2.75) is 6.92 Å². The highest BCUT2D eigenvalue weighted by atomic mass is 32.1. The molecule has 1 aromatic heterocycles. The van der Waals surface area contributed by atoms with Crippen LogP contribution < -0.4 is 20.5 Å². The summed E-state index contributed by atoms with van der Waals surface area (Å²) < 4.78 is 10.3. The minimum Gasteiger partial charge on any atom is -0.493 e. The number of nitrogens with two attached hydrogens (primary N) is 1. The summed E-state index contributed by atoms with van der Waals surface area (Å²) in [5.41, 5.74) is 6.41. The van der Waals surface area contributed by atoms with Crippen LogP contribution in [-0.4, -0.2) is 31.0 Å². The Hall–Kier alpha value is -2.87. The number of rotatable bonds is 6. The zero-order valence-electron chi connectivity index (χ0n) is 13.5. The fraction of sp³-hybridized carbons (Fsp3) is 0.188. The minimum atomic E-state index is -0.689. The first-order chi connectivity index (χ1) is 11.4. The zero-order chi connectivity index (χ0) is 17.7. The highest BCUT2D eigenvalue weighted by molar-refractivity contribution is 7.09. The molecule has 1 heterocycles. The first-order valence-corrected chi connectivity index (χ1v) is 7.79. The quantitative estimate of drug-likeness (QED) is 0.780. The summed E-state index contributed by atoms with van der Waals surface area (Å²) in [6.07, 6.45) is 2.92. The Kier molecular flexibility index (Phi) is 5.54. The van der Waals surface area contributed by atoms with Crippen molar-refractivity contribution in [2.75, 3.05) is 19.5 Å². The maximum atomic E-state index is 12.1. The first kappa shape index (κ1) is 17.5. The molecule has 0 aliphatic carbocycles. The number of amides is 2. The first-order valence-electron chi connectivity index (χ1n) is 6.91. The van der Waals surface area contributed by atoms with Crippen molar-refractivity contribution in [1.29, 1.82) is 0 Å². The summed E-state index contributed by atoms with van der Waals surface area (Å²) in [6.45, 7) is 1.88. The van der Waals surface area contributed by atoms with Gasteiger partial charge in [-0.3, -0.25) is 9.59 Å². The number of aryl methyl sites for hydroxylation is 1. The van der Waals surface area contributed by atoms with Crippen LogP contribution >= 0.6 is 11.3 Å². The van der Waals surface area contributed by atoms with Crippen LogP contribution in [0.5, 0.6) is 11.5 Å². The molecule has 0 aliphatic heterocycles. The summed E-state index contributed by atoms with van der Waals surface area (Å²) in [5, 5.41) is 5.35. The molecular weight excluding hydrogens is 330 g/mol. The van der Waals surface area contributed by atoms with Crippen molar-refractivity contribution in [3.63, 3.8) is 0 Å². The Morgan fingerprint density at radius 3 is 2.46 bits per heavy atom. The van der Waals surface area contributed by atoms with E-state index in [4.69, 9.17) is 15.2 Å². The Bertz CT molecular complexity index is 799. The summed E-state index contributed by atoms with van der Waals surface area (Å²) >= 11 is 1.49. The molecule has 0 unspecified atom stereocenters. The number of ether oxygens (including phenoxy) is 2. The van der Waals surface area contributed by atoms with E-state index in [0.29, 0.717) is 17.2 Å². The van der Waals surface area contributed by atoms with E-state index in [9.17, 15) is 9.59 Å². The van der Waals surface area contributed by atoms with E-state index >= 15 is 0 Å². The lowest BCUT2D eigenvalue weighted by Gasteiger charge is -2.13. The molecule has 0 saturated carbocycles. The standard InChI is InChI=1S/C16H17N3O4S/c1-9-18-10(8-24-9)4-5-15(20)19-12-7-14(23-3)13(22-2)6-11(12)16(17)21/h4-8H,1-3H3,(H2,17,21)(H,19,20)/b5-4-. The molecule has 0 saturated heterocycles. The van der Waals surface area contributed by atoms with Crippen LogP contribution in [0.3, 0.4) is 0 Å². The third-order valence-corrected chi connectivity index (χ3v) is 3.88. The fourth-order valence-corrected chi connectivity index (χ4v) is 2.56. The maximum absolute atomic E-state index is 12.1. The average Bonchev–Trinajstić information content (AvgIpc) is 2.97. The van der Waals surface area contributed by atoms with Gasteiger partial charge in [0.05, 0.1) is 36.2 Å². The van der Waals surface area contributed by atoms with E-state index in [2.05, 4.69) is 10.3 Å². The molecule has 0 bridgehead atoms. The summed E-state index contributed by atoms with van der Waals surface area (Å²) in [5.74, 6) is -0.393. The molecule has 0 fully saturated rings. The lowest BCUT2D eigenvalue weighted by atomic mass is 10.1. The largest absolute Gasteiger partial charge is 0.493 e. The Balaban J connectivity index is 2.25. The van der Waals surface area contributed by atoms with E-state index in [1.807, 2.05) is 12.3 Å². The van der Waals surface area contributed by atoms with Gasteiger partial charge in [-0.25, -0.2) is 4.98 Å². The van der Waals surface area contributed by atoms with Crippen molar-refractivity contribution in [3.8, 4) is 11.5 Å². The molecule has 126 valence electrons. The Morgan fingerprint density at radius 1 is 1.25 bits per heavy atom. The van der Waals surface area contributed by atoms with Crippen LogP contribution in [0.4, 0.5) is 5.69 Å². The molecule has 24 heavy (non-hydrogen) atoms. The molecule has 1 aromatic carbocycles. The van der Waals surface area contributed by atoms with Crippen molar-refractivity contribution in [1.82, 2.24) is 4.98 Å². The second-order valence-corrected chi connectivity index (χ2v) is 5.79. The van der Waals surface area contributed by atoms with E-state index in [-0.39, 0.29) is 11.3 Å². The fourth-order valence-electron chi connectivity index (χ4n) is 1.98. The summed E-state index contributed by atoms with van der Waals surface area (Å²) in [6, 6.07) is 2.90. The summed E-state index contributed by atoms with van der Waals surface area (Å²) in [4.78, 5) is 27.9. The molecule has 0 spiro atoms. The van der Waals surface area contributed by atoms with Gasteiger partial charge in [0.15, 0.2) is 11.5 Å². The second-order valence-electron chi connectivity index (χ2n) is 4.73. The number of nitrogens with one attached hydrogen (secondary N) is 1. The van der Waals surface area contributed by atoms with Crippen LogP contribution in [0.1, 0.15) is 21.1 Å². The normalized spacial score (nSPS) is 10.6. The third kappa shape index (κ3) is 4.11. The molecule has 2 amide bonds. The van der Waals surface area contributed by atoms with Gasteiger partial charge in [-0.05, 0) is 19.1 Å². The van der Waals surface area contributed by atoms with Gasteiger partial charge in [-0.1, -0.05) is 0 Å². The summed E-state index contributed by atoms with van der Waals surface area (Å²) in [7, 11) is 2.90. The lowest BCUT2D eigenvalue weighted by molar-refractivity contribution is -0.111. The molecule has 2 aromatic rings. The van der Waals surface area contributed by atoms with Crippen LogP contribution in [0, 0.1) is 6.92 Å². The SMILES string of the molecule is COc1cc(NC(=O)/C=C\c2csc(C)n2)c(C(N)=O)cc1OC. The van der Waals surface area contributed by atoms with Crippen molar-refractivity contribution < 1.29 is 19.1 Å². The number of primary amides is 1. The molecule has 2 rings (SSSR count). The molecule has 8 heteroatoms. The van der Waals surface area contributed by atoms with E-state index in [1.165, 1.54) is 43.8 Å². The highest BCUT2D eigenvalue weighted by Crippen LogP contribution is 2.33. The number of thiazole rings is 1. The average molecular weight is 347 g/mol. The van der Waals surface area contributed by atoms with Crippen molar-refractivity contribution in [3.05, 3.63) is 39.9 Å². The topological polar surface area (TPSA) is 104 Å². The number of carbonyl (C=O) groups is 2. The maximum Gasteiger partial charge on any atom is 0.250 e. The number of hydrogen-bond donors (Lipinski definition) is 2. The Morgan fingerprint density at radius 2 is 1.92 bits per heavy atom. The molecule has 3 N–H and O–H groups in total.